The fourth-order valence-electron chi connectivity index (χ4n) is 5.75. The van der Waals surface area contributed by atoms with Gasteiger partial charge in [-0.25, -0.2) is 17.7 Å². The van der Waals surface area contributed by atoms with E-state index in [1.807, 2.05) is 51.2 Å². The van der Waals surface area contributed by atoms with Gasteiger partial charge in [-0.15, -0.1) is 0 Å². The molecule has 2 fully saturated rings. The number of benzene rings is 1. The summed E-state index contributed by atoms with van der Waals surface area (Å²) in [5, 5.41) is 16.8. The Kier molecular flexibility index (Phi) is 5.99. The van der Waals surface area contributed by atoms with Gasteiger partial charge in [0.1, 0.15) is 17.6 Å². The number of rotatable bonds is 7. The molecule has 39 heavy (non-hydrogen) atoms. The topological polar surface area (TPSA) is 126 Å². The van der Waals surface area contributed by atoms with Crippen molar-refractivity contribution in [3.05, 3.63) is 53.5 Å². The Labute approximate surface area is 227 Å². The van der Waals surface area contributed by atoms with Crippen LogP contribution < -0.4 is 14.4 Å². The van der Waals surface area contributed by atoms with E-state index in [1.165, 1.54) is 10.6 Å². The quantitative estimate of drug-likeness (QED) is 0.370. The van der Waals surface area contributed by atoms with Gasteiger partial charge in [0.15, 0.2) is 11.5 Å². The van der Waals surface area contributed by atoms with Crippen molar-refractivity contribution in [3.63, 3.8) is 0 Å². The highest BCUT2D eigenvalue weighted by Gasteiger charge is 2.54. The van der Waals surface area contributed by atoms with Gasteiger partial charge in [-0.2, -0.15) is 15.3 Å². The molecule has 0 bridgehead atoms. The number of methoxy groups -OCH3 is 1. The molecule has 11 nitrogen and oxygen atoms in total. The average Bonchev–Trinajstić information content (AvgIpc) is 3.24. The molecule has 1 N–H and O–H groups in total. The number of aromatic nitrogens is 5. The zero-order chi connectivity index (χ0) is 27.5. The van der Waals surface area contributed by atoms with Gasteiger partial charge >= 0.3 is 0 Å². The number of nitrogens with zero attached hydrogens (tertiary/aromatic N) is 6. The van der Waals surface area contributed by atoms with Crippen molar-refractivity contribution in [1.82, 2.24) is 29.7 Å². The number of fused-ring (bicyclic) bond motifs is 1. The fourth-order valence-corrected chi connectivity index (χ4v) is 6.76. The van der Waals surface area contributed by atoms with Crippen molar-refractivity contribution in [2.45, 2.75) is 26.9 Å². The Balaban J connectivity index is 1.22. The van der Waals surface area contributed by atoms with Gasteiger partial charge in [-0.05, 0) is 44.5 Å². The first-order valence-electron chi connectivity index (χ1n) is 12.7. The van der Waals surface area contributed by atoms with Crippen LogP contribution in [0.25, 0.3) is 22.2 Å². The minimum absolute atomic E-state index is 0.0534. The molecule has 1 spiro atoms. The number of aromatic amines is 1. The second-order valence-electron chi connectivity index (χ2n) is 10.7. The first-order valence-corrected chi connectivity index (χ1v) is 14.6. The molecule has 1 aromatic carbocycles. The van der Waals surface area contributed by atoms with Crippen molar-refractivity contribution in [3.8, 4) is 22.8 Å². The van der Waals surface area contributed by atoms with Crippen molar-refractivity contribution in [2.24, 2.45) is 5.41 Å². The number of anilines is 1. The molecule has 1 atom stereocenters. The largest absolute Gasteiger partial charge is 0.493 e. The zero-order valence-corrected chi connectivity index (χ0v) is 23.4. The Hall–Kier alpha value is -3.77. The van der Waals surface area contributed by atoms with Gasteiger partial charge in [-0.1, -0.05) is 0 Å². The van der Waals surface area contributed by atoms with Gasteiger partial charge in [-0.3, -0.25) is 5.10 Å². The van der Waals surface area contributed by atoms with Crippen LogP contribution in [0.5, 0.6) is 11.5 Å². The molecule has 0 saturated carbocycles. The highest BCUT2D eigenvalue weighted by atomic mass is 32.2. The summed E-state index contributed by atoms with van der Waals surface area (Å²) in [5.41, 5.74) is 5.37. The SMILES string of the molecule is COc1cc2[nH]nc(-c3ccc(N4CC5(C4)CN(S(C)(=O)=O)C5)nc3)c2cc1O[C@H](C)c1c(C)cnnc1C. The molecule has 204 valence electrons. The van der Waals surface area contributed by atoms with Gasteiger partial charge in [0.25, 0.3) is 0 Å². The maximum absolute atomic E-state index is 11.7. The number of ether oxygens (including phenoxy) is 2. The maximum atomic E-state index is 11.7. The lowest BCUT2D eigenvalue weighted by Gasteiger charge is -2.59. The number of sulfonamides is 1. The molecule has 2 aliphatic heterocycles. The zero-order valence-electron chi connectivity index (χ0n) is 22.6. The Bertz CT molecular complexity index is 1640. The summed E-state index contributed by atoms with van der Waals surface area (Å²) in [5.74, 6) is 2.08. The minimum Gasteiger partial charge on any atom is -0.493 e. The summed E-state index contributed by atoms with van der Waals surface area (Å²) in [6.07, 6.45) is 4.57. The van der Waals surface area contributed by atoms with Crippen LogP contribution in [0, 0.1) is 19.3 Å². The summed E-state index contributed by atoms with van der Waals surface area (Å²) in [4.78, 5) is 6.87. The summed E-state index contributed by atoms with van der Waals surface area (Å²) in [6, 6.07) is 7.83. The van der Waals surface area contributed by atoms with Crippen LogP contribution in [-0.4, -0.2) is 77.6 Å². The number of hydrogen-bond acceptors (Lipinski definition) is 9. The molecule has 0 radical (unpaired) electrons. The van der Waals surface area contributed by atoms with E-state index in [2.05, 4.69) is 25.3 Å². The van der Waals surface area contributed by atoms with Crippen LogP contribution in [0.3, 0.4) is 0 Å². The van der Waals surface area contributed by atoms with Crippen LogP contribution in [0.15, 0.2) is 36.7 Å². The maximum Gasteiger partial charge on any atom is 0.211 e. The van der Waals surface area contributed by atoms with E-state index in [0.29, 0.717) is 24.6 Å². The normalized spacial score (nSPS) is 17.6. The summed E-state index contributed by atoms with van der Waals surface area (Å²) in [7, 11) is -1.49. The predicted octanol–water partition coefficient (Wildman–Crippen LogP) is 3.26. The third kappa shape index (κ3) is 4.47. The summed E-state index contributed by atoms with van der Waals surface area (Å²) in [6.45, 7) is 8.70. The van der Waals surface area contributed by atoms with Gasteiger partial charge in [0, 0.05) is 60.4 Å². The van der Waals surface area contributed by atoms with E-state index >= 15 is 0 Å². The van der Waals surface area contributed by atoms with E-state index in [0.717, 1.165) is 57.9 Å². The molecule has 5 heterocycles. The number of aryl methyl sites for hydroxylation is 2. The van der Waals surface area contributed by atoms with E-state index in [1.54, 1.807) is 13.3 Å². The average molecular weight is 550 g/mol. The minimum atomic E-state index is -3.11. The summed E-state index contributed by atoms with van der Waals surface area (Å²) >= 11 is 0. The molecule has 12 heteroatoms. The second kappa shape index (κ2) is 9.16. The first kappa shape index (κ1) is 25.5. The Morgan fingerprint density at radius 2 is 1.85 bits per heavy atom. The number of H-pyrrole nitrogens is 1. The number of hydrogen-bond donors (Lipinski definition) is 1. The van der Waals surface area contributed by atoms with Crippen LogP contribution in [-0.2, 0) is 10.0 Å². The van der Waals surface area contributed by atoms with E-state index in [9.17, 15) is 8.42 Å². The van der Waals surface area contributed by atoms with Crippen molar-refractivity contribution < 1.29 is 17.9 Å². The lowest BCUT2D eigenvalue weighted by Crippen LogP contribution is -2.73. The van der Waals surface area contributed by atoms with Crippen LogP contribution in [0.1, 0.15) is 29.8 Å². The highest BCUT2D eigenvalue weighted by molar-refractivity contribution is 7.88. The molecule has 4 aromatic rings. The molecule has 2 aliphatic rings. The van der Waals surface area contributed by atoms with Gasteiger partial charge < -0.3 is 14.4 Å². The van der Waals surface area contributed by atoms with Crippen LogP contribution in [0.4, 0.5) is 5.82 Å². The summed E-state index contributed by atoms with van der Waals surface area (Å²) < 4.78 is 37.0. The monoisotopic (exact) mass is 549 g/mol. The molecule has 2 saturated heterocycles. The predicted molar refractivity (Wildman–Crippen MR) is 147 cm³/mol. The molecule has 6 rings (SSSR count). The standard InChI is InChI=1S/C27H31N7O4S/c1-16-10-29-30-17(2)25(16)18(3)38-23-8-20-21(9-22(23)37-4)31-32-26(20)19-6-7-24(28-11-19)33-12-27(13-33)14-34(15-27)39(5,35)36/h6-11,18H,12-15H2,1-5H3,(H,31,32)/t18-/m1/s1. The van der Waals surface area contributed by atoms with E-state index < -0.39 is 10.0 Å². The molecular formula is C27H31N7O4S. The third-order valence-electron chi connectivity index (χ3n) is 7.72. The highest BCUT2D eigenvalue weighted by Crippen LogP contribution is 2.43. The molecular weight excluding hydrogens is 518 g/mol. The fraction of sp³-hybridized carbons (Fsp3) is 0.407. The van der Waals surface area contributed by atoms with Crippen molar-refractivity contribution in [2.75, 3.05) is 44.4 Å². The molecule has 0 amide bonds. The third-order valence-corrected chi connectivity index (χ3v) is 8.92. The lowest BCUT2D eigenvalue weighted by atomic mass is 9.74. The van der Waals surface area contributed by atoms with E-state index in [4.69, 9.17) is 14.5 Å². The van der Waals surface area contributed by atoms with Gasteiger partial charge in [0.05, 0.1) is 30.8 Å². The molecule has 3 aromatic heterocycles. The van der Waals surface area contributed by atoms with Crippen LogP contribution >= 0.6 is 0 Å². The Morgan fingerprint density at radius 3 is 2.49 bits per heavy atom. The lowest BCUT2D eigenvalue weighted by molar-refractivity contribution is 0.0395. The van der Waals surface area contributed by atoms with Crippen molar-refractivity contribution in [1.29, 1.82) is 0 Å². The van der Waals surface area contributed by atoms with Crippen LogP contribution in [0.2, 0.25) is 0 Å². The van der Waals surface area contributed by atoms with Gasteiger partial charge in [0.2, 0.25) is 10.0 Å². The number of nitrogens with one attached hydrogen (secondary N) is 1. The Morgan fingerprint density at radius 1 is 1.08 bits per heavy atom. The first-order chi connectivity index (χ1) is 18.6. The molecule has 0 aliphatic carbocycles. The number of pyridine rings is 1. The second-order valence-corrected chi connectivity index (χ2v) is 12.7. The smallest absolute Gasteiger partial charge is 0.211 e. The van der Waals surface area contributed by atoms with E-state index in [-0.39, 0.29) is 11.5 Å². The van der Waals surface area contributed by atoms with Crippen molar-refractivity contribution >= 4 is 26.7 Å². The molecule has 0 unspecified atom stereocenters.